The highest BCUT2D eigenvalue weighted by Crippen LogP contribution is 2.22. The second-order valence-corrected chi connectivity index (χ2v) is 5.75. The van der Waals surface area contributed by atoms with Gasteiger partial charge in [0.25, 0.3) is 5.91 Å². The van der Waals surface area contributed by atoms with Gasteiger partial charge in [-0.3, -0.25) is 9.78 Å². The number of aromatic nitrogens is 1. The summed E-state index contributed by atoms with van der Waals surface area (Å²) >= 11 is 0. The van der Waals surface area contributed by atoms with Gasteiger partial charge in [-0.25, -0.2) is 0 Å². The molecule has 1 aromatic heterocycles. The number of piperidine rings is 1. The van der Waals surface area contributed by atoms with Gasteiger partial charge >= 0.3 is 0 Å². The Morgan fingerprint density at radius 3 is 2.95 bits per heavy atom. The lowest BCUT2D eigenvalue weighted by atomic mass is 10.1. The fourth-order valence-electron chi connectivity index (χ4n) is 3.03. The van der Waals surface area contributed by atoms with Crippen molar-refractivity contribution in [3.05, 3.63) is 24.0 Å². The number of rotatable bonds is 3. The summed E-state index contributed by atoms with van der Waals surface area (Å²) < 4.78 is 10.8. The number of methoxy groups -OCH3 is 1. The standard InChI is InChI=1S/C16H23N3O3/c1-21-14-3-2-6-19(12-14)13-4-5-17-15(11-13)16(20)18-7-9-22-10-8-18/h4-5,11,14H,2-3,6-10,12H2,1H3. The molecule has 2 fully saturated rings. The van der Waals surface area contributed by atoms with E-state index < -0.39 is 0 Å². The Balaban J connectivity index is 1.73. The first-order valence-electron chi connectivity index (χ1n) is 7.89. The van der Waals surface area contributed by atoms with Gasteiger partial charge in [-0.05, 0) is 25.0 Å². The lowest BCUT2D eigenvalue weighted by Gasteiger charge is -2.34. The first kappa shape index (κ1) is 15.2. The monoisotopic (exact) mass is 305 g/mol. The third-order valence-corrected chi connectivity index (χ3v) is 4.34. The van der Waals surface area contributed by atoms with Crippen molar-refractivity contribution in [1.29, 1.82) is 0 Å². The summed E-state index contributed by atoms with van der Waals surface area (Å²) in [5.41, 5.74) is 1.56. The first-order valence-corrected chi connectivity index (χ1v) is 7.89. The number of hydrogen-bond donors (Lipinski definition) is 0. The molecule has 0 bridgehead atoms. The molecule has 6 heteroatoms. The van der Waals surface area contributed by atoms with Crippen molar-refractivity contribution in [1.82, 2.24) is 9.88 Å². The van der Waals surface area contributed by atoms with Crippen LogP contribution in [0.3, 0.4) is 0 Å². The second kappa shape index (κ2) is 7.07. The summed E-state index contributed by atoms with van der Waals surface area (Å²) in [6.45, 7) is 4.35. The molecule has 120 valence electrons. The number of nitrogens with zero attached hydrogens (tertiary/aromatic N) is 3. The lowest BCUT2D eigenvalue weighted by molar-refractivity contribution is 0.0299. The Bertz CT molecular complexity index is 517. The van der Waals surface area contributed by atoms with E-state index in [1.165, 1.54) is 0 Å². The summed E-state index contributed by atoms with van der Waals surface area (Å²) in [5.74, 6) is -0.00884. The molecule has 0 N–H and O–H groups in total. The summed E-state index contributed by atoms with van der Waals surface area (Å²) in [4.78, 5) is 20.9. The Morgan fingerprint density at radius 1 is 1.36 bits per heavy atom. The smallest absolute Gasteiger partial charge is 0.272 e. The molecule has 2 aliphatic rings. The normalized spacial score (nSPS) is 22.7. The van der Waals surface area contributed by atoms with Gasteiger partial charge in [0.2, 0.25) is 0 Å². The second-order valence-electron chi connectivity index (χ2n) is 5.75. The number of hydrogen-bond acceptors (Lipinski definition) is 5. The summed E-state index contributed by atoms with van der Waals surface area (Å²) in [6, 6.07) is 3.87. The minimum absolute atomic E-state index is 0.00884. The molecule has 0 radical (unpaired) electrons. The fraction of sp³-hybridized carbons (Fsp3) is 0.625. The van der Waals surface area contributed by atoms with Gasteiger partial charge in [0, 0.05) is 45.2 Å². The number of amides is 1. The maximum absolute atomic E-state index is 12.5. The molecule has 3 rings (SSSR count). The van der Waals surface area contributed by atoms with Gasteiger partial charge < -0.3 is 19.3 Å². The van der Waals surface area contributed by atoms with E-state index in [4.69, 9.17) is 9.47 Å². The zero-order chi connectivity index (χ0) is 15.4. The number of pyridine rings is 1. The molecule has 2 saturated heterocycles. The van der Waals surface area contributed by atoms with Gasteiger partial charge in [-0.15, -0.1) is 0 Å². The van der Waals surface area contributed by atoms with Crippen molar-refractivity contribution in [2.75, 3.05) is 51.4 Å². The van der Waals surface area contributed by atoms with E-state index in [0.29, 0.717) is 32.0 Å². The van der Waals surface area contributed by atoms with Crippen LogP contribution in [0.4, 0.5) is 5.69 Å². The van der Waals surface area contributed by atoms with E-state index in [2.05, 4.69) is 9.88 Å². The number of carbonyl (C=O) groups is 1. The van der Waals surface area contributed by atoms with Gasteiger partial charge in [-0.1, -0.05) is 0 Å². The average molecular weight is 305 g/mol. The SMILES string of the molecule is COC1CCCN(c2ccnc(C(=O)N3CCOCC3)c2)C1. The molecule has 0 saturated carbocycles. The minimum Gasteiger partial charge on any atom is -0.380 e. The molecule has 0 spiro atoms. The predicted molar refractivity (Wildman–Crippen MR) is 83.2 cm³/mol. The van der Waals surface area contributed by atoms with Gasteiger partial charge in [-0.2, -0.15) is 0 Å². The number of ether oxygens (including phenoxy) is 2. The maximum atomic E-state index is 12.5. The highest BCUT2D eigenvalue weighted by molar-refractivity contribution is 5.93. The van der Waals surface area contributed by atoms with Crippen LogP contribution in [-0.2, 0) is 9.47 Å². The van der Waals surface area contributed by atoms with E-state index in [1.54, 1.807) is 13.3 Å². The largest absolute Gasteiger partial charge is 0.380 e. The van der Waals surface area contributed by atoms with Crippen LogP contribution in [0.25, 0.3) is 0 Å². The molecule has 0 aromatic carbocycles. The molecule has 1 atom stereocenters. The van der Waals surface area contributed by atoms with E-state index in [-0.39, 0.29) is 12.0 Å². The minimum atomic E-state index is -0.00884. The van der Waals surface area contributed by atoms with Crippen molar-refractivity contribution >= 4 is 11.6 Å². The van der Waals surface area contributed by atoms with E-state index in [9.17, 15) is 4.79 Å². The number of anilines is 1. The summed E-state index contributed by atoms with van der Waals surface area (Å²) in [6.07, 6.45) is 4.19. The Hall–Kier alpha value is -1.66. The molecular weight excluding hydrogens is 282 g/mol. The fourth-order valence-corrected chi connectivity index (χ4v) is 3.03. The van der Waals surface area contributed by atoms with Crippen LogP contribution in [0.15, 0.2) is 18.3 Å². The molecule has 1 unspecified atom stereocenters. The van der Waals surface area contributed by atoms with E-state index in [0.717, 1.165) is 31.6 Å². The molecule has 6 nitrogen and oxygen atoms in total. The highest BCUT2D eigenvalue weighted by atomic mass is 16.5. The molecule has 22 heavy (non-hydrogen) atoms. The molecule has 1 aromatic rings. The van der Waals surface area contributed by atoms with Crippen LogP contribution in [0.5, 0.6) is 0 Å². The van der Waals surface area contributed by atoms with Gasteiger partial charge in [0.05, 0.1) is 19.3 Å². The molecular formula is C16H23N3O3. The Labute approximate surface area is 131 Å². The van der Waals surface area contributed by atoms with Crippen LogP contribution < -0.4 is 4.90 Å². The van der Waals surface area contributed by atoms with Crippen molar-refractivity contribution in [3.63, 3.8) is 0 Å². The van der Waals surface area contributed by atoms with Crippen LogP contribution in [0.2, 0.25) is 0 Å². The van der Waals surface area contributed by atoms with Crippen LogP contribution in [0, 0.1) is 0 Å². The molecule has 0 aliphatic carbocycles. The molecule has 2 aliphatic heterocycles. The first-order chi connectivity index (χ1) is 10.8. The zero-order valence-corrected chi connectivity index (χ0v) is 13.0. The van der Waals surface area contributed by atoms with Crippen molar-refractivity contribution in [2.45, 2.75) is 18.9 Å². The topological polar surface area (TPSA) is 54.9 Å². The third-order valence-electron chi connectivity index (χ3n) is 4.34. The quantitative estimate of drug-likeness (QED) is 0.839. The van der Waals surface area contributed by atoms with Crippen molar-refractivity contribution in [2.24, 2.45) is 0 Å². The summed E-state index contributed by atoms with van der Waals surface area (Å²) in [5, 5.41) is 0. The predicted octanol–water partition coefficient (Wildman–Crippen LogP) is 1.17. The summed E-state index contributed by atoms with van der Waals surface area (Å²) in [7, 11) is 1.76. The van der Waals surface area contributed by atoms with Crippen LogP contribution >= 0.6 is 0 Å². The molecule has 1 amide bonds. The molecule has 3 heterocycles. The van der Waals surface area contributed by atoms with Gasteiger partial charge in [0.15, 0.2) is 0 Å². The Morgan fingerprint density at radius 2 is 2.18 bits per heavy atom. The maximum Gasteiger partial charge on any atom is 0.272 e. The third kappa shape index (κ3) is 3.39. The van der Waals surface area contributed by atoms with E-state index >= 15 is 0 Å². The Kier molecular flexibility index (Phi) is 4.90. The number of carbonyl (C=O) groups excluding carboxylic acids is 1. The van der Waals surface area contributed by atoms with Gasteiger partial charge in [0.1, 0.15) is 5.69 Å². The van der Waals surface area contributed by atoms with Crippen molar-refractivity contribution in [3.8, 4) is 0 Å². The van der Waals surface area contributed by atoms with Crippen LogP contribution in [0.1, 0.15) is 23.3 Å². The van der Waals surface area contributed by atoms with Crippen LogP contribution in [-0.4, -0.2) is 68.4 Å². The highest BCUT2D eigenvalue weighted by Gasteiger charge is 2.23. The average Bonchev–Trinajstić information content (AvgIpc) is 2.62. The number of morpholine rings is 1. The zero-order valence-electron chi connectivity index (χ0n) is 13.0. The van der Waals surface area contributed by atoms with E-state index in [1.807, 2.05) is 17.0 Å². The lowest BCUT2D eigenvalue weighted by Crippen LogP contribution is -2.41. The van der Waals surface area contributed by atoms with Crippen molar-refractivity contribution < 1.29 is 14.3 Å².